The van der Waals surface area contributed by atoms with Gasteiger partial charge in [-0.2, -0.15) is 8.78 Å². The van der Waals surface area contributed by atoms with Crippen molar-refractivity contribution >= 4 is 68.2 Å². The van der Waals surface area contributed by atoms with E-state index >= 15 is 0 Å². The van der Waals surface area contributed by atoms with Gasteiger partial charge in [-0.15, -0.1) is 0 Å². The molecule has 8 heteroatoms. The van der Waals surface area contributed by atoms with Crippen LogP contribution in [0.25, 0.3) is 11.1 Å². The van der Waals surface area contributed by atoms with Crippen molar-refractivity contribution in [3.05, 3.63) is 86.5 Å². The number of carbonyl (C=O) groups excluding carboxylic acids is 3. The van der Waals surface area contributed by atoms with Gasteiger partial charge in [0.25, 0.3) is 0 Å². The fourth-order valence-corrected chi connectivity index (χ4v) is 5.92. The number of benzene rings is 3. The fourth-order valence-electron chi connectivity index (χ4n) is 5.07. The molecule has 0 spiro atoms. The Balaban J connectivity index is 1.51. The largest absolute Gasteiger partial charge is 0.375 e. The van der Waals surface area contributed by atoms with Crippen LogP contribution in [-0.2, 0) is 26.4 Å². The molecular weight excluding hydrogens is 726 g/mol. The van der Waals surface area contributed by atoms with Crippen LogP contribution in [0.5, 0.6) is 0 Å². The Kier molecular flexibility index (Phi) is 9.57. The van der Waals surface area contributed by atoms with Gasteiger partial charge in [0.2, 0.25) is 0 Å². The first-order valence-corrected chi connectivity index (χ1v) is 15.1. The first kappa shape index (κ1) is 29.8. The van der Waals surface area contributed by atoms with E-state index in [4.69, 9.17) is 0 Å². The summed E-state index contributed by atoms with van der Waals surface area (Å²) in [5, 5.41) is 3.41. The summed E-state index contributed by atoms with van der Waals surface area (Å²) in [6, 6.07) is 17.3. The van der Waals surface area contributed by atoms with Crippen LogP contribution in [0.15, 0.2) is 60.7 Å². The molecule has 2 atom stereocenters. The standard InChI is InChI=1S/C31H29F2I2NO3/c1-3-28(36-25-11-7-21-14-19(15-22(21)16-25)4-13-29(38)18(2)37)30(39)26-12-10-24(34)17-27(26)20-5-8-23(9-6-20)31(32,33)35/h5-12,16-17,19,28,36H,3-4,13-15H2,1-2H3. The normalized spacial score (nSPS) is 15.5. The van der Waals surface area contributed by atoms with E-state index in [9.17, 15) is 23.2 Å². The highest BCUT2D eigenvalue weighted by Gasteiger charge is 2.28. The van der Waals surface area contributed by atoms with Crippen LogP contribution in [0.4, 0.5) is 14.5 Å². The van der Waals surface area contributed by atoms with Crippen molar-refractivity contribution in [2.24, 2.45) is 5.92 Å². The summed E-state index contributed by atoms with van der Waals surface area (Å²) in [6.07, 6.45) is 3.27. The molecule has 0 amide bonds. The molecule has 0 fully saturated rings. The zero-order chi connectivity index (χ0) is 28.3. The van der Waals surface area contributed by atoms with E-state index in [1.165, 1.54) is 30.2 Å². The van der Waals surface area contributed by atoms with Gasteiger partial charge in [-0.1, -0.05) is 37.3 Å². The number of nitrogens with one attached hydrogen (secondary N) is 1. The lowest BCUT2D eigenvalue weighted by Gasteiger charge is -2.20. The lowest BCUT2D eigenvalue weighted by Crippen LogP contribution is -2.29. The van der Waals surface area contributed by atoms with Crippen LogP contribution >= 0.6 is 45.2 Å². The quantitative estimate of drug-likeness (QED) is 0.0929. The Bertz CT molecular complexity index is 1400. The first-order chi connectivity index (χ1) is 18.5. The van der Waals surface area contributed by atoms with Crippen LogP contribution in [0, 0.1) is 9.49 Å². The fraction of sp³-hybridized carbons (Fsp3) is 0.323. The molecule has 0 heterocycles. The zero-order valence-electron chi connectivity index (χ0n) is 21.7. The van der Waals surface area contributed by atoms with E-state index in [0.717, 1.165) is 44.7 Å². The summed E-state index contributed by atoms with van der Waals surface area (Å²) < 4.78 is 25.4. The maximum absolute atomic E-state index is 13.8. The van der Waals surface area contributed by atoms with Crippen molar-refractivity contribution in [2.75, 3.05) is 5.32 Å². The van der Waals surface area contributed by atoms with Crippen LogP contribution in [0.3, 0.4) is 0 Å². The summed E-state index contributed by atoms with van der Waals surface area (Å²) in [6.45, 7) is 3.27. The number of hydrogen-bond acceptors (Lipinski definition) is 4. The summed E-state index contributed by atoms with van der Waals surface area (Å²) in [5.74, 6) is -0.433. The molecule has 3 aromatic rings. The SMILES string of the molecule is CCC(Nc1ccc2c(c1)CC(CCC(=O)C(C)=O)C2)C(=O)c1ccc(I)cc1-c1ccc(C(F)(F)I)cc1. The predicted octanol–water partition coefficient (Wildman–Crippen LogP) is 8.17. The molecule has 0 aliphatic heterocycles. The van der Waals surface area contributed by atoms with Crippen LogP contribution in [0.2, 0.25) is 0 Å². The van der Waals surface area contributed by atoms with E-state index in [2.05, 4.69) is 40.0 Å². The number of hydrogen-bond donors (Lipinski definition) is 1. The number of rotatable bonds is 11. The van der Waals surface area contributed by atoms with Crippen molar-refractivity contribution in [3.8, 4) is 11.1 Å². The van der Waals surface area contributed by atoms with E-state index in [1.807, 2.05) is 25.1 Å². The number of fused-ring (bicyclic) bond motifs is 1. The zero-order valence-corrected chi connectivity index (χ0v) is 26.0. The topological polar surface area (TPSA) is 63.2 Å². The summed E-state index contributed by atoms with van der Waals surface area (Å²) in [4.78, 5) is 36.7. The Morgan fingerprint density at radius 1 is 1.00 bits per heavy atom. The van der Waals surface area contributed by atoms with E-state index in [1.54, 1.807) is 18.2 Å². The molecule has 1 aliphatic rings. The smallest absolute Gasteiger partial charge is 0.321 e. The second kappa shape index (κ2) is 12.5. The maximum Gasteiger partial charge on any atom is 0.321 e. The number of anilines is 1. The highest BCUT2D eigenvalue weighted by atomic mass is 127. The molecule has 4 nitrogen and oxygen atoms in total. The molecule has 1 aliphatic carbocycles. The molecule has 0 bridgehead atoms. The number of Topliss-reactive ketones (excluding diaryl/α,β-unsaturated/α-hetero) is 3. The van der Waals surface area contributed by atoms with Gasteiger partial charge < -0.3 is 5.32 Å². The minimum atomic E-state index is -2.96. The van der Waals surface area contributed by atoms with Gasteiger partial charge in [-0.05, 0) is 107 Å². The molecule has 0 saturated heterocycles. The summed E-state index contributed by atoms with van der Waals surface area (Å²) >= 11 is 3.30. The van der Waals surface area contributed by atoms with E-state index in [-0.39, 0.29) is 29.3 Å². The third kappa shape index (κ3) is 7.31. The Hall–Kier alpha value is -2.21. The van der Waals surface area contributed by atoms with Crippen molar-refractivity contribution < 1.29 is 23.2 Å². The van der Waals surface area contributed by atoms with Crippen molar-refractivity contribution in [1.29, 1.82) is 0 Å². The molecule has 0 aromatic heterocycles. The highest BCUT2D eigenvalue weighted by molar-refractivity contribution is 14.1. The van der Waals surface area contributed by atoms with Gasteiger partial charge in [0, 0.05) is 56.3 Å². The first-order valence-electron chi connectivity index (χ1n) is 12.9. The lowest BCUT2D eigenvalue weighted by atomic mass is 9.92. The minimum absolute atomic E-state index is 0.0617. The van der Waals surface area contributed by atoms with Crippen molar-refractivity contribution in [3.63, 3.8) is 0 Å². The van der Waals surface area contributed by atoms with Crippen LogP contribution in [0.1, 0.15) is 60.2 Å². The van der Waals surface area contributed by atoms with Gasteiger partial charge in [-0.3, -0.25) is 14.4 Å². The van der Waals surface area contributed by atoms with Crippen LogP contribution < -0.4 is 5.32 Å². The van der Waals surface area contributed by atoms with Crippen molar-refractivity contribution in [2.45, 2.75) is 55.9 Å². The minimum Gasteiger partial charge on any atom is -0.375 e. The lowest BCUT2D eigenvalue weighted by molar-refractivity contribution is -0.135. The van der Waals surface area contributed by atoms with Gasteiger partial charge >= 0.3 is 3.93 Å². The van der Waals surface area contributed by atoms with Crippen molar-refractivity contribution in [1.82, 2.24) is 0 Å². The number of carbonyl (C=O) groups is 3. The summed E-state index contributed by atoms with van der Waals surface area (Å²) in [5.41, 5.74) is 5.18. The Morgan fingerprint density at radius 3 is 2.33 bits per heavy atom. The van der Waals surface area contributed by atoms with Gasteiger partial charge in [0.05, 0.1) is 6.04 Å². The average molecular weight is 755 g/mol. The third-order valence-corrected chi connectivity index (χ3v) is 8.53. The van der Waals surface area contributed by atoms with Gasteiger partial charge in [-0.25, -0.2) is 0 Å². The maximum atomic E-state index is 13.8. The third-order valence-electron chi connectivity index (χ3n) is 7.23. The number of halogens is 4. The van der Waals surface area contributed by atoms with Gasteiger partial charge in [0.1, 0.15) is 0 Å². The molecule has 39 heavy (non-hydrogen) atoms. The Morgan fingerprint density at radius 2 is 1.69 bits per heavy atom. The average Bonchev–Trinajstić information content (AvgIpc) is 3.31. The molecule has 3 aromatic carbocycles. The molecule has 2 unspecified atom stereocenters. The number of ketones is 3. The summed E-state index contributed by atoms with van der Waals surface area (Å²) in [7, 11) is 0. The molecule has 0 saturated carbocycles. The van der Waals surface area contributed by atoms with Gasteiger partial charge in [0.15, 0.2) is 17.3 Å². The molecule has 204 valence electrons. The van der Waals surface area contributed by atoms with Crippen LogP contribution in [-0.4, -0.2) is 23.4 Å². The second-order valence-electron chi connectivity index (χ2n) is 10.0. The Labute approximate surface area is 254 Å². The monoisotopic (exact) mass is 755 g/mol. The molecule has 0 radical (unpaired) electrons. The van der Waals surface area contributed by atoms with E-state index < -0.39 is 9.97 Å². The molecule has 4 rings (SSSR count). The number of alkyl halides is 3. The predicted molar refractivity (Wildman–Crippen MR) is 167 cm³/mol. The molecule has 1 N–H and O–H groups in total. The highest BCUT2D eigenvalue weighted by Crippen LogP contribution is 2.37. The van der Waals surface area contributed by atoms with E-state index in [0.29, 0.717) is 35.4 Å². The molecular formula is C31H29F2I2NO3. The second-order valence-corrected chi connectivity index (χ2v) is 12.6.